The maximum atomic E-state index is 11.5. The molecule has 4 rings (SSSR count). The minimum absolute atomic E-state index is 0.331. The molecular formula is C27H27N3O3. The Morgan fingerprint density at radius 1 is 0.909 bits per heavy atom. The number of rotatable bonds is 8. The van der Waals surface area contributed by atoms with Gasteiger partial charge in [0.25, 0.3) is 0 Å². The van der Waals surface area contributed by atoms with Crippen LogP contribution in [0.1, 0.15) is 12.7 Å². The zero-order valence-electron chi connectivity index (χ0n) is 18.8. The number of hydrogen-bond donors (Lipinski definition) is 1. The number of imidazole rings is 1. The molecule has 168 valence electrons. The van der Waals surface area contributed by atoms with Gasteiger partial charge in [0.15, 0.2) is 0 Å². The number of nitrogens with one attached hydrogen (secondary N) is 1. The molecule has 0 bridgehead atoms. The molecule has 4 aromatic rings. The lowest BCUT2D eigenvalue weighted by Gasteiger charge is -2.13. The van der Waals surface area contributed by atoms with Crippen LogP contribution in [0.5, 0.6) is 5.75 Å². The van der Waals surface area contributed by atoms with Crippen molar-refractivity contribution >= 4 is 11.8 Å². The van der Waals surface area contributed by atoms with E-state index < -0.39 is 6.09 Å². The molecule has 1 N–H and O–H groups in total. The van der Waals surface area contributed by atoms with Gasteiger partial charge >= 0.3 is 6.09 Å². The predicted octanol–water partition coefficient (Wildman–Crippen LogP) is 6.17. The number of benzene rings is 3. The van der Waals surface area contributed by atoms with E-state index in [0.29, 0.717) is 25.4 Å². The number of carbonyl (C=O) groups excluding carboxylic acids is 1. The first-order valence-corrected chi connectivity index (χ1v) is 11.0. The van der Waals surface area contributed by atoms with Crippen LogP contribution in [0.25, 0.3) is 22.5 Å². The number of amides is 1. The summed E-state index contributed by atoms with van der Waals surface area (Å²) in [5.41, 5.74) is 4.91. The second-order valence-electron chi connectivity index (χ2n) is 7.46. The quantitative estimate of drug-likeness (QED) is 0.355. The lowest BCUT2D eigenvalue weighted by Crippen LogP contribution is -2.13. The summed E-state index contributed by atoms with van der Waals surface area (Å²) in [6, 6.07) is 27.8. The average molecular weight is 442 g/mol. The molecule has 0 aliphatic heterocycles. The number of anilines is 1. The van der Waals surface area contributed by atoms with E-state index in [2.05, 4.69) is 34.1 Å². The molecule has 0 spiro atoms. The molecule has 33 heavy (non-hydrogen) atoms. The molecule has 0 unspecified atom stereocenters. The van der Waals surface area contributed by atoms with Crippen molar-refractivity contribution < 1.29 is 14.3 Å². The predicted molar refractivity (Wildman–Crippen MR) is 130 cm³/mol. The number of carbonyl (C=O) groups is 1. The fourth-order valence-electron chi connectivity index (χ4n) is 3.70. The summed E-state index contributed by atoms with van der Waals surface area (Å²) in [6.07, 6.45) is -0.468. The van der Waals surface area contributed by atoms with Crippen LogP contribution in [0.15, 0.2) is 84.9 Å². The Morgan fingerprint density at radius 2 is 1.55 bits per heavy atom. The van der Waals surface area contributed by atoms with Crippen molar-refractivity contribution in [2.75, 3.05) is 18.5 Å². The van der Waals surface area contributed by atoms with E-state index in [1.807, 2.05) is 55.5 Å². The van der Waals surface area contributed by atoms with Crippen molar-refractivity contribution in [3.8, 4) is 28.3 Å². The van der Waals surface area contributed by atoms with Gasteiger partial charge in [0.05, 0.1) is 24.5 Å². The van der Waals surface area contributed by atoms with Crippen LogP contribution in [-0.2, 0) is 11.3 Å². The van der Waals surface area contributed by atoms with Gasteiger partial charge in [-0.1, -0.05) is 60.7 Å². The standard InChI is InChI=1S/C27H27N3O3/c1-3-32-27(31)29-23-14-16-24(17-15-23)33-19-18-30-20(2)28-25(21-10-6-4-7-11-21)26(30)22-12-8-5-9-13-22/h4-17H,3,18-19H2,1-2H3,(H,29,31). The van der Waals surface area contributed by atoms with Gasteiger partial charge in [-0.15, -0.1) is 0 Å². The second kappa shape index (κ2) is 10.5. The minimum atomic E-state index is -0.468. The van der Waals surface area contributed by atoms with Crippen molar-refractivity contribution in [3.63, 3.8) is 0 Å². The van der Waals surface area contributed by atoms with Gasteiger partial charge in [0.1, 0.15) is 18.2 Å². The Labute approximate surface area is 193 Å². The Bertz CT molecular complexity index is 1190. The summed E-state index contributed by atoms with van der Waals surface area (Å²) in [5, 5.41) is 2.67. The van der Waals surface area contributed by atoms with Crippen molar-refractivity contribution in [1.82, 2.24) is 9.55 Å². The number of aryl methyl sites for hydroxylation is 1. The molecule has 1 aromatic heterocycles. The number of hydrogen-bond acceptors (Lipinski definition) is 4. The molecule has 1 amide bonds. The van der Waals surface area contributed by atoms with Gasteiger partial charge < -0.3 is 14.0 Å². The molecule has 6 heteroatoms. The highest BCUT2D eigenvalue weighted by atomic mass is 16.5. The van der Waals surface area contributed by atoms with Crippen LogP contribution in [0.4, 0.5) is 10.5 Å². The van der Waals surface area contributed by atoms with Crippen molar-refractivity contribution in [1.29, 1.82) is 0 Å². The van der Waals surface area contributed by atoms with Crippen LogP contribution >= 0.6 is 0 Å². The van der Waals surface area contributed by atoms with Crippen LogP contribution in [0.2, 0.25) is 0 Å². The van der Waals surface area contributed by atoms with E-state index in [1.54, 1.807) is 19.1 Å². The third-order valence-electron chi connectivity index (χ3n) is 5.21. The maximum absolute atomic E-state index is 11.5. The highest BCUT2D eigenvalue weighted by molar-refractivity contribution is 5.84. The summed E-state index contributed by atoms with van der Waals surface area (Å²) < 4.78 is 13.1. The monoisotopic (exact) mass is 441 g/mol. The Morgan fingerprint density at radius 3 is 2.18 bits per heavy atom. The highest BCUT2D eigenvalue weighted by Crippen LogP contribution is 2.32. The third-order valence-corrected chi connectivity index (χ3v) is 5.21. The van der Waals surface area contributed by atoms with Gasteiger partial charge in [-0.05, 0) is 38.1 Å². The fourth-order valence-corrected chi connectivity index (χ4v) is 3.70. The molecule has 0 aliphatic rings. The van der Waals surface area contributed by atoms with Crippen LogP contribution < -0.4 is 10.1 Å². The molecule has 0 saturated heterocycles. The fraction of sp³-hybridized carbons (Fsp3) is 0.185. The molecule has 1 heterocycles. The molecule has 0 radical (unpaired) electrons. The Hall–Kier alpha value is -4.06. The number of aromatic nitrogens is 2. The Balaban J connectivity index is 1.50. The zero-order valence-corrected chi connectivity index (χ0v) is 18.8. The maximum Gasteiger partial charge on any atom is 0.411 e. The molecule has 0 atom stereocenters. The minimum Gasteiger partial charge on any atom is -0.492 e. The summed E-state index contributed by atoms with van der Waals surface area (Å²) in [7, 11) is 0. The smallest absolute Gasteiger partial charge is 0.411 e. The normalized spacial score (nSPS) is 10.6. The van der Waals surface area contributed by atoms with Crippen LogP contribution in [0, 0.1) is 6.92 Å². The van der Waals surface area contributed by atoms with E-state index in [1.165, 1.54) is 0 Å². The summed E-state index contributed by atoms with van der Waals surface area (Å²) in [4.78, 5) is 16.4. The summed E-state index contributed by atoms with van der Waals surface area (Å²) in [6.45, 7) is 5.26. The first-order valence-electron chi connectivity index (χ1n) is 11.0. The largest absolute Gasteiger partial charge is 0.492 e. The van der Waals surface area contributed by atoms with E-state index in [0.717, 1.165) is 34.1 Å². The van der Waals surface area contributed by atoms with Crippen molar-refractivity contribution in [3.05, 3.63) is 90.8 Å². The average Bonchev–Trinajstić information content (AvgIpc) is 3.17. The summed E-state index contributed by atoms with van der Waals surface area (Å²) >= 11 is 0. The van der Waals surface area contributed by atoms with E-state index in [-0.39, 0.29) is 0 Å². The van der Waals surface area contributed by atoms with Gasteiger partial charge in [-0.2, -0.15) is 0 Å². The number of ether oxygens (including phenoxy) is 2. The lowest BCUT2D eigenvalue weighted by atomic mass is 10.0. The molecule has 6 nitrogen and oxygen atoms in total. The van der Waals surface area contributed by atoms with Gasteiger partial charge in [-0.3, -0.25) is 5.32 Å². The summed E-state index contributed by atoms with van der Waals surface area (Å²) in [5.74, 6) is 1.66. The Kier molecular flexibility index (Phi) is 7.05. The highest BCUT2D eigenvalue weighted by Gasteiger charge is 2.17. The van der Waals surface area contributed by atoms with Gasteiger partial charge in [0, 0.05) is 16.8 Å². The number of nitrogens with zero attached hydrogens (tertiary/aromatic N) is 2. The van der Waals surface area contributed by atoms with E-state index in [9.17, 15) is 4.79 Å². The second-order valence-corrected chi connectivity index (χ2v) is 7.46. The van der Waals surface area contributed by atoms with Gasteiger partial charge in [-0.25, -0.2) is 9.78 Å². The molecule has 0 aliphatic carbocycles. The third kappa shape index (κ3) is 5.41. The molecule has 3 aromatic carbocycles. The van der Waals surface area contributed by atoms with Crippen molar-refractivity contribution in [2.45, 2.75) is 20.4 Å². The lowest BCUT2D eigenvalue weighted by molar-refractivity contribution is 0.168. The molecular weight excluding hydrogens is 414 g/mol. The first-order chi connectivity index (χ1) is 16.2. The SMILES string of the molecule is CCOC(=O)Nc1ccc(OCCn2c(C)nc(-c3ccccc3)c2-c2ccccc2)cc1. The molecule has 0 fully saturated rings. The van der Waals surface area contributed by atoms with E-state index >= 15 is 0 Å². The first kappa shape index (κ1) is 22.1. The van der Waals surface area contributed by atoms with Crippen LogP contribution in [-0.4, -0.2) is 28.9 Å². The topological polar surface area (TPSA) is 65.4 Å². The zero-order chi connectivity index (χ0) is 23.0. The molecule has 0 saturated carbocycles. The van der Waals surface area contributed by atoms with Gasteiger partial charge in [0.2, 0.25) is 0 Å². The van der Waals surface area contributed by atoms with Crippen molar-refractivity contribution in [2.24, 2.45) is 0 Å². The van der Waals surface area contributed by atoms with E-state index in [4.69, 9.17) is 14.5 Å². The van der Waals surface area contributed by atoms with Crippen LogP contribution in [0.3, 0.4) is 0 Å².